The second-order valence-corrected chi connectivity index (χ2v) is 6.62. The fourth-order valence-corrected chi connectivity index (χ4v) is 3.20. The number of benzene rings is 2. The van der Waals surface area contributed by atoms with Crippen LogP contribution in [0.4, 0.5) is 5.69 Å². The van der Waals surface area contributed by atoms with Gasteiger partial charge < -0.3 is 9.73 Å². The highest BCUT2D eigenvalue weighted by molar-refractivity contribution is 8.00. The monoisotopic (exact) mass is 361 g/mol. The van der Waals surface area contributed by atoms with E-state index in [1.165, 1.54) is 11.8 Å². The largest absolute Gasteiger partial charge is 0.434 e. The molecule has 0 aliphatic heterocycles. The number of aromatic nitrogens is 2. The number of nitrogens with zero attached hydrogens (tertiary/aromatic N) is 2. The predicted octanol–water partition coefficient (Wildman–Crippen LogP) is 4.62. The second-order valence-electron chi connectivity index (χ2n) is 5.57. The van der Waals surface area contributed by atoms with E-state index >= 15 is 0 Å². The zero-order valence-electron chi connectivity index (χ0n) is 13.8. The van der Waals surface area contributed by atoms with Crippen molar-refractivity contribution in [2.75, 3.05) is 11.1 Å². The molecule has 0 radical (unpaired) electrons. The molecule has 0 atom stereocenters. The number of oxazole rings is 1. The van der Waals surface area contributed by atoms with Crippen molar-refractivity contribution >= 4 is 34.6 Å². The first-order valence-electron chi connectivity index (χ1n) is 8.08. The highest BCUT2D eigenvalue weighted by Crippen LogP contribution is 2.25. The molecule has 4 rings (SSSR count). The maximum absolute atomic E-state index is 12.2. The van der Waals surface area contributed by atoms with E-state index in [0.717, 1.165) is 10.5 Å². The van der Waals surface area contributed by atoms with Gasteiger partial charge in [0, 0.05) is 22.3 Å². The Hall–Kier alpha value is -3.12. The van der Waals surface area contributed by atoms with Gasteiger partial charge in [-0.1, -0.05) is 24.3 Å². The van der Waals surface area contributed by atoms with E-state index in [1.807, 2.05) is 60.7 Å². The van der Waals surface area contributed by atoms with Gasteiger partial charge in [0.25, 0.3) is 0 Å². The van der Waals surface area contributed by atoms with Crippen molar-refractivity contribution in [3.63, 3.8) is 0 Å². The van der Waals surface area contributed by atoms with Crippen LogP contribution in [0.15, 0.2) is 82.2 Å². The van der Waals surface area contributed by atoms with Crippen molar-refractivity contribution in [2.24, 2.45) is 0 Å². The van der Waals surface area contributed by atoms with Gasteiger partial charge >= 0.3 is 0 Å². The minimum Gasteiger partial charge on any atom is -0.434 e. The van der Waals surface area contributed by atoms with Crippen LogP contribution in [0.1, 0.15) is 0 Å². The van der Waals surface area contributed by atoms with Crippen LogP contribution in [0, 0.1) is 0 Å². The van der Waals surface area contributed by atoms with Gasteiger partial charge in [0.05, 0.1) is 5.75 Å². The lowest BCUT2D eigenvalue weighted by Gasteiger charge is -2.06. The summed E-state index contributed by atoms with van der Waals surface area (Å²) in [7, 11) is 0. The Morgan fingerprint density at radius 3 is 2.77 bits per heavy atom. The smallest absolute Gasteiger partial charge is 0.234 e. The highest BCUT2D eigenvalue weighted by atomic mass is 32.2. The lowest BCUT2D eigenvalue weighted by Crippen LogP contribution is -2.13. The highest BCUT2D eigenvalue weighted by Gasteiger charge is 2.10. The van der Waals surface area contributed by atoms with Gasteiger partial charge in [-0.3, -0.25) is 4.79 Å². The van der Waals surface area contributed by atoms with E-state index in [9.17, 15) is 4.79 Å². The Bertz CT molecular complexity index is 1010. The van der Waals surface area contributed by atoms with Crippen LogP contribution in [0.25, 0.3) is 22.7 Å². The fraction of sp³-hybridized carbons (Fsp3) is 0.0500. The molecule has 6 heteroatoms. The number of pyridine rings is 1. The third-order valence-corrected chi connectivity index (χ3v) is 4.68. The molecule has 0 aliphatic carbocycles. The minimum absolute atomic E-state index is 0.0600. The molecule has 128 valence electrons. The van der Waals surface area contributed by atoms with Crippen molar-refractivity contribution in [2.45, 2.75) is 4.90 Å². The Morgan fingerprint density at radius 1 is 1.04 bits per heavy atom. The SMILES string of the molecule is O=C(CSc1ccccc1)Nc1cccc(-c2nc3ncccc3o2)c1. The summed E-state index contributed by atoms with van der Waals surface area (Å²) in [6.07, 6.45) is 1.68. The second kappa shape index (κ2) is 7.41. The number of nitrogens with one attached hydrogen (secondary N) is 1. The molecule has 0 fully saturated rings. The Balaban J connectivity index is 1.46. The number of fused-ring (bicyclic) bond motifs is 1. The first-order valence-corrected chi connectivity index (χ1v) is 9.06. The number of rotatable bonds is 5. The molecule has 2 aromatic carbocycles. The first-order chi connectivity index (χ1) is 12.8. The van der Waals surface area contributed by atoms with Gasteiger partial charge in [0.15, 0.2) is 11.2 Å². The van der Waals surface area contributed by atoms with E-state index in [0.29, 0.717) is 28.6 Å². The summed E-state index contributed by atoms with van der Waals surface area (Å²) in [6.45, 7) is 0. The molecule has 2 aromatic heterocycles. The zero-order chi connectivity index (χ0) is 17.8. The fourth-order valence-electron chi connectivity index (χ4n) is 2.49. The van der Waals surface area contributed by atoms with Crippen LogP contribution in [0.5, 0.6) is 0 Å². The van der Waals surface area contributed by atoms with E-state index in [1.54, 1.807) is 12.3 Å². The third kappa shape index (κ3) is 3.75. The summed E-state index contributed by atoms with van der Waals surface area (Å²) in [6, 6.07) is 20.9. The average molecular weight is 361 g/mol. The molecule has 5 nitrogen and oxygen atoms in total. The van der Waals surface area contributed by atoms with E-state index < -0.39 is 0 Å². The van der Waals surface area contributed by atoms with Crippen LogP contribution >= 0.6 is 11.8 Å². The van der Waals surface area contributed by atoms with E-state index in [4.69, 9.17) is 4.42 Å². The van der Waals surface area contributed by atoms with Gasteiger partial charge in [-0.2, -0.15) is 4.98 Å². The Morgan fingerprint density at radius 2 is 1.92 bits per heavy atom. The summed E-state index contributed by atoms with van der Waals surface area (Å²) in [4.78, 5) is 21.8. The minimum atomic E-state index is -0.0600. The maximum Gasteiger partial charge on any atom is 0.234 e. The van der Waals surface area contributed by atoms with Gasteiger partial charge in [0.1, 0.15) is 0 Å². The van der Waals surface area contributed by atoms with Gasteiger partial charge in [-0.15, -0.1) is 11.8 Å². The molecule has 0 aliphatic rings. The van der Waals surface area contributed by atoms with Crippen LogP contribution in [0.2, 0.25) is 0 Å². The molecule has 1 N–H and O–H groups in total. The molecule has 0 bridgehead atoms. The summed E-state index contributed by atoms with van der Waals surface area (Å²) in [5, 5.41) is 2.91. The van der Waals surface area contributed by atoms with Gasteiger partial charge in [0.2, 0.25) is 11.8 Å². The summed E-state index contributed by atoms with van der Waals surface area (Å²) < 4.78 is 5.73. The van der Waals surface area contributed by atoms with Crippen molar-refractivity contribution in [3.05, 3.63) is 72.9 Å². The number of carbonyl (C=O) groups is 1. The van der Waals surface area contributed by atoms with E-state index in [2.05, 4.69) is 15.3 Å². The quantitative estimate of drug-likeness (QED) is 0.525. The molecule has 4 aromatic rings. The topological polar surface area (TPSA) is 68.0 Å². The molecule has 26 heavy (non-hydrogen) atoms. The lowest BCUT2D eigenvalue weighted by molar-refractivity contribution is -0.113. The Labute approximate surface area is 154 Å². The molecule has 0 spiro atoms. The third-order valence-electron chi connectivity index (χ3n) is 3.67. The Kier molecular flexibility index (Phi) is 4.66. The molecule has 1 amide bonds. The maximum atomic E-state index is 12.2. The van der Waals surface area contributed by atoms with Gasteiger partial charge in [-0.05, 0) is 42.5 Å². The average Bonchev–Trinajstić information content (AvgIpc) is 3.12. The standard InChI is InChI=1S/C20H15N3O2S/c24-18(13-26-16-8-2-1-3-9-16)22-15-7-4-6-14(12-15)20-23-19-17(25-20)10-5-11-21-19/h1-12H,13H2,(H,22,24). The molecule has 0 saturated carbocycles. The number of amides is 1. The van der Waals surface area contributed by atoms with Crippen molar-refractivity contribution in [1.82, 2.24) is 9.97 Å². The molecule has 0 saturated heterocycles. The zero-order valence-corrected chi connectivity index (χ0v) is 14.6. The normalized spacial score (nSPS) is 10.8. The van der Waals surface area contributed by atoms with Crippen molar-refractivity contribution < 1.29 is 9.21 Å². The number of hydrogen-bond acceptors (Lipinski definition) is 5. The molecular formula is C20H15N3O2S. The number of hydrogen-bond donors (Lipinski definition) is 1. The number of carbonyl (C=O) groups excluding carboxylic acids is 1. The number of thioether (sulfide) groups is 1. The molecule has 0 unspecified atom stereocenters. The van der Waals surface area contributed by atoms with Crippen molar-refractivity contribution in [1.29, 1.82) is 0 Å². The van der Waals surface area contributed by atoms with Crippen LogP contribution < -0.4 is 5.32 Å². The summed E-state index contributed by atoms with van der Waals surface area (Å²) in [5.74, 6) is 0.768. The summed E-state index contributed by atoms with van der Waals surface area (Å²) >= 11 is 1.50. The summed E-state index contributed by atoms with van der Waals surface area (Å²) in [5.41, 5.74) is 2.69. The first kappa shape index (κ1) is 16.4. The molecular weight excluding hydrogens is 346 g/mol. The van der Waals surface area contributed by atoms with Crippen LogP contribution in [-0.2, 0) is 4.79 Å². The van der Waals surface area contributed by atoms with Gasteiger partial charge in [-0.25, -0.2) is 4.98 Å². The number of anilines is 1. The van der Waals surface area contributed by atoms with Crippen LogP contribution in [-0.4, -0.2) is 21.6 Å². The van der Waals surface area contributed by atoms with E-state index in [-0.39, 0.29) is 5.91 Å². The predicted molar refractivity (Wildman–Crippen MR) is 103 cm³/mol. The van der Waals surface area contributed by atoms with Crippen molar-refractivity contribution in [3.8, 4) is 11.5 Å². The molecule has 2 heterocycles. The lowest BCUT2D eigenvalue weighted by atomic mass is 10.2. The van der Waals surface area contributed by atoms with Crippen LogP contribution in [0.3, 0.4) is 0 Å².